The van der Waals surface area contributed by atoms with Gasteiger partial charge in [-0.05, 0) is 42.8 Å². The monoisotopic (exact) mass is 379 g/mol. The summed E-state index contributed by atoms with van der Waals surface area (Å²) in [6.45, 7) is 1.93. The zero-order valence-corrected chi connectivity index (χ0v) is 14.8. The fourth-order valence-corrected chi connectivity index (χ4v) is 2.47. The molecule has 3 rings (SSSR count). The summed E-state index contributed by atoms with van der Waals surface area (Å²) in [6, 6.07) is 10.7. The Labute approximate surface area is 154 Å². The van der Waals surface area contributed by atoms with Crippen LogP contribution in [0, 0.1) is 6.92 Å². The van der Waals surface area contributed by atoms with Crippen molar-refractivity contribution in [2.45, 2.75) is 6.92 Å². The molecule has 0 atom stereocenters. The van der Waals surface area contributed by atoms with Crippen LogP contribution in [0.5, 0.6) is 0 Å². The average Bonchev–Trinajstić information content (AvgIpc) is 2.55. The van der Waals surface area contributed by atoms with Crippen LogP contribution in [0.25, 0.3) is 0 Å². The van der Waals surface area contributed by atoms with Gasteiger partial charge in [0.1, 0.15) is 0 Å². The summed E-state index contributed by atoms with van der Waals surface area (Å²) in [7, 11) is 0. The van der Waals surface area contributed by atoms with Crippen molar-refractivity contribution in [2.24, 2.45) is 0 Å². The lowest BCUT2D eigenvalue weighted by Crippen LogP contribution is -2.02. The number of aromatic nitrogens is 3. The summed E-state index contributed by atoms with van der Waals surface area (Å²) in [5.41, 5.74) is 2.40. The lowest BCUT2D eigenvalue weighted by molar-refractivity contribution is 0.982. The normalized spacial score (nSPS) is 10.5. The third-order valence-electron chi connectivity index (χ3n) is 3.18. The summed E-state index contributed by atoms with van der Waals surface area (Å²) in [4.78, 5) is 4.35. The van der Waals surface area contributed by atoms with Gasteiger partial charge in [-0.3, -0.25) is 0 Å². The number of halogens is 3. The van der Waals surface area contributed by atoms with Gasteiger partial charge in [-0.25, -0.2) is 0 Å². The molecule has 0 aliphatic carbocycles. The molecule has 3 aromatic rings. The number of nitrogens with one attached hydrogen (secondary N) is 2. The average molecular weight is 381 g/mol. The van der Waals surface area contributed by atoms with E-state index in [2.05, 4.69) is 25.8 Å². The predicted molar refractivity (Wildman–Crippen MR) is 99.0 cm³/mol. The number of anilines is 4. The third-order valence-corrected chi connectivity index (χ3v) is 4.15. The van der Waals surface area contributed by atoms with Crippen LogP contribution in [0.3, 0.4) is 0 Å². The number of hydrogen-bond donors (Lipinski definition) is 2. The van der Waals surface area contributed by atoms with Gasteiger partial charge in [0.05, 0.1) is 16.9 Å². The fourth-order valence-electron chi connectivity index (χ4n) is 1.95. The van der Waals surface area contributed by atoms with Gasteiger partial charge >= 0.3 is 0 Å². The number of nitrogens with zero attached hydrogens (tertiary/aromatic N) is 3. The van der Waals surface area contributed by atoms with Crippen LogP contribution in [-0.2, 0) is 0 Å². The van der Waals surface area contributed by atoms with Crippen molar-refractivity contribution in [2.75, 3.05) is 10.6 Å². The molecule has 0 spiro atoms. The molecule has 0 aliphatic rings. The van der Waals surface area contributed by atoms with Gasteiger partial charge in [-0.15, -0.1) is 5.10 Å². The Morgan fingerprint density at radius 2 is 1.75 bits per heavy atom. The SMILES string of the molecule is Cc1ccc(Nc2nncc(Nc3cc(Cl)ccc3Cl)n2)cc1Cl. The van der Waals surface area contributed by atoms with E-state index in [4.69, 9.17) is 34.8 Å². The third kappa shape index (κ3) is 4.06. The molecule has 5 nitrogen and oxygen atoms in total. The molecule has 2 aromatic carbocycles. The van der Waals surface area contributed by atoms with E-state index in [1.807, 2.05) is 19.1 Å². The van der Waals surface area contributed by atoms with Gasteiger partial charge in [-0.1, -0.05) is 40.9 Å². The van der Waals surface area contributed by atoms with Gasteiger partial charge in [0.15, 0.2) is 5.82 Å². The highest BCUT2D eigenvalue weighted by molar-refractivity contribution is 6.35. The number of hydrogen-bond acceptors (Lipinski definition) is 5. The molecule has 0 fully saturated rings. The first-order valence-corrected chi connectivity index (χ1v) is 8.09. The van der Waals surface area contributed by atoms with E-state index in [0.29, 0.717) is 32.5 Å². The Morgan fingerprint density at radius 3 is 2.54 bits per heavy atom. The maximum Gasteiger partial charge on any atom is 0.249 e. The van der Waals surface area contributed by atoms with Crippen LogP contribution >= 0.6 is 34.8 Å². The molecule has 24 heavy (non-hydrogen) atoms. The lowest BCUT2D eigenvalue weighted by atomic mass is 10.2. The summed E-state index contributed by atoms with van der Waals surface area (Å²) in [6.07, 6.45) is 1.49. The highest BCUT2D eigenvalue weighted by Gasteiger charge is 2.06. The van der Waals surface area contributed by atoms with Crippen molar-refractivity contribution >= 4 is 57.9 Å². The van der Waals surface area contributed by atoms with Crippen LogP contribution in [0.4, 0.5) is 23.1 Å². The van der Waals surface area contributed by atoms with Crippen molar-refractivity contribution in [1.29, 1.82) is 0 Å². The topological polar surface area (TPSA) is 62.7 Å². The molecule has 0 saturated heterocycles. The Hall–Kier alpha value is -2.08. The second kappa shape index (κ2) is 7.21. The van der Waals surface area contributed by atoms with Crippen LogP contribution < -0.4 is 10.6 Å². The minimum absolute atomic E-state index is 0.332. The van der Waals surface area contributed by atoms with Crippen LogP contribution in [-0.4, -0.2) is 15.2 Å². The summed E-state index contributed by atoms with van der Waals surface area (Å²) < 4.78 is 0. The van der Waals surface area contributed by atoms with Crippen LogP contribution in [0.2, 0.25) is 15.1 Å². The maximum absolute atomic E-state index is 6.13. The molecule has 122 valence electrons. The van der Waals surface area contributed by atoms with Crippen LogP contribution in [0.15, 0.2) is 42.6 Å². The molecule has 1 aromatic heterocycles. The van der Waals surface area contributed by atoms with Gasteiger partial charge in [0, 0.05) is 15.7 Å². The van der Waals surface area contributed by atoms with E-state index in [1.165, 1.54) is 6.20 Å². The summed E-state index contributed by atoms with van der Waals surface area (Å²) in [5.74, 6) is 0.813. The maximum atomic E-state index is 6.13. The minimum atomic E-state index is 0.332. The van der Waals surface area contributed by atoms with Gasteiger partial charge in [0.2, 0.25) is 5.95 Å². The highest BCUT2D eigenvalue weighted by atomic mass is 35.5. The molecule has 0 radical (unpaired) electrons. The summed E-state index contributed by atoms with van der Waals surface area (Å²) in [5, 5.41) is 15.7. The second-order valence-corrected chi connectivity index (χ2v) is 6.25. The lowest BCUT2D eigenvalue weighted by Gasteiger charge is -2.10. The van der Waals surface area contributed by atoms with E-state index >= 15 is 0 Å². The molecule has 0 unspecified atom stereocenters. The smallest absolute Gasteiger partial charge is 0.249 e. The largest absolute Gasteiger partial charge is 0.338 e. The van der Waals surface area contributed by atoms with Gasteiger partial charge < -0.3 is 10.6 Å². The Morgan fingerprint density at radius 1 is 0.917 bits per heavy atom. The van der Waals surface area contributed by atoms with E-state index in [9.17, 15) is 0 Å². The second-order valence-electron chi connectivity index (χ2n) is 5.00. The summed E-state index contributed by atoms with van der Waals surface area (Å²) >= 11 is 18.2. The molecular weight excluding hydrogens is 369 g/mol. The zero-order valence-electron chi connectivity index (χ0n) is 12.5. The van der Waals surface area contributed by atoms with Crippen molar-refractivity contribution in [3.05, 3.63) is 63.2 Å². The highest BCUT2D eigenvalue weighted by Crippen LogP contribution is 2.28. The first-order valence-electron chi connectivity index (χ1n) is 6.96. The van der Waals surface area contributed by atoms with Crippen LogP contribution in [0.1, 0.15) is 5.56 Å². The van der Waals surface area contributed by atoms with Crippen molar-refractivity contribution in [3.63, 3.8) is 0 Å². The molecule has 0 saturated carbocycles. The zero-order chi connectivity index (χ0) is 17.1. The minimum Gasteiger partial charge on any atom is -0.338 e. The molecular formula is C16H12Cl3N5. The first kappa shape index (κ1) is 16.8. The molecule has 0 aliphatic heterocycles. The fraction of sp³-hybridized carbons (Fsp3) is 0.0625. The van der Waals surface area contributed by atoms with Crippen molar-refractivity contribution < 1.29 is 0 Å². The van der Waals surface area contributed by atoms with E-state index in [0.717, 1.165) is 11.3 Å². The number of benzene rings is 2. The van der Waals surface area contributed by atoms with Gasteiger partial charge in [0.25, 0.3) is 0 Å². The van der Waals surface area contributed by atoms with Crippen molar-refractivity contribution in [3.8, 4) is 0 Å². The first-order chi connectivity index (χ1) is 11.5. The Kier molecular flexibility index (Phi) is 5.04. The molecule has 0 bridgehead atoms. The number of aryl methyl sites for hydroxylation is 1. The molecule has 2 N–H and O–H groups in total. The number of rotatable bonds is 4. The quantitative estimate of drug-likeness (QED) is 0.614. The van der Waals surface area contributed by atoms with E-state index in [1.54, 1.807) is 24.3 Å². The predicted octanol–water partition coefficient (Wildman–Crippen LogP) is 5.63. The Balaban J connectivity index is 1.81. The van der Waals surface area contributed by atoms with E-state index < -0.39 is 0 Å². The standard InChI is InChI=1S/C16H12Cl3N5/c1-9-2-4-11(7-13(9)19)21-16-23-15(8-20-24-16)22-14-6-10(17)3-5-12(14)18/h2-8H,1H3,(H2,21,22,23,24). The molecule has 1 heterocycles. The molecule has 0 amide bonds. The van der Waals surface area contributed by atoms with Crippen molar-refractivity contribution in [1.82, 2.24) is 15.2 Å². The Bertz CT molecular complexity index is 885. The molecule has 8 heteroatoms. The van der Waals surface area contributed by atoms with E-state index in [-0.39, 0.29) is 0 Å². The van der Waals surface area contributed by atoms with Gasteiger partial charge in [-0.2, -0.15) is 10.1 Å².